The number of rotatable bonds is 2. The number of amides is 1. The first-order valence-electron chi connectivity index (χ1n) is 5.73. The third-order valence-electron chi connectivity index (χ3n) is 2.89. The van der Waals surface area contributed by atoms with Gasteiger partial charge in [0.2, 0.25) is 0 Å². The summed E-state index contributed by atoms with van der Waals surface area (Å²) in [5.74, 6) is -0.345. The van der Waals surface area contributed by atoms with E-state index in [9.17, 15) is 9.59 Å². The van der Waals surface area contributed by atoms with Crippen LogP contribution in [0.4, 0.5) is 4.79 Å². The van der Waals surface area contributed by atoms with E-state index in [0.29, 0.717) is 26.0 Å². The molecule has 1 heterocycles. The Kier molecular flexibility index (Phi) is 4.15. The molecule has 5 heteroatoms. The molecule has 96 valence electrons. The van der Waals surface area contributed by atoms with Crippen LogP contribution < -0.4 is 0 Å². The van der Waals surface area contributed by atoms with E-state index >= 15 is 0 Å². The number of hydrogen-bond acceptors (Lipinski definition) is 3. The smallest absolute Gasteiger partial charge is 0.407 e. The molecule has 0 saturated carbocycles. The highest BCUT2D eigenvalue weighted by Gasteiger charge is 2.35. The first-order chi connectivity index (χ1) is 7.86. The topological polar surface area (TPSA) is 66.8 Å². The van der Waals surface area contributed by atoms with Gasteiger partial charge in [-0.2, -0.15) is 0 Å². The van der Waals surface area contributed by atoms with Crippen LogP contribution in [0.3, 0.4) is 0 Å². The fourth-order valence-corrected chi connectivity index (χ4v) is 2.13. The van der Waals surface area contributed by atoms with Crippen LogP contribution in [0.15, 0.2) is 11.6 Å². The molecule has 0 aromatic carbocycles. The predicted molar refractivity (Wildman–Crippen MR) is 62.8 cm³/mol. The second-order valence-corrected chi connectivity index (χ2v) is 4.73. The first kappa shape index (κ1) is 13.5. The summed E-state index contributed by atoms with van der Waals surface area (Å²) in [6.07, 6.45) is 1.74. The van der Waals surface area contributed by atoms with Gasteiger partial charge >= 0.3 is 12.1 Å². The highest BCUT2D eigenvalue weighted by Crippen LogP contribution is 2.30. The molecule has 0 radical (unpaired) electrons. The van der Waals surface area contributed by atoms with Gasteiger partial charge in [0, 0.05) is 18.2 Å². The third-order valence-corrected chi connectivity index (χ3v) is 2.89. The molecule has 17 heavy (non-hydrogen) atoms. The quantitative estimate of drug-likeness (QED) is 0.593. The lowest BCUT2D eigenvalue weighted by Gasteiger charge is -2.41. The van der Waals surface area contributed by atoms with Crippen molar-refractivity contribution < 1.29 is 19.4 Å². The van der Waals surface area contributed by atoms with E-state index in [-0.39, 0.29) is 5.97 Å². The highest BCUT2D eigenvalue weighted by molar-refractivity contribution is 5.83. The zero-order chi connectivity index (χ0) is 13.1. The molecule has 0 unspecified atom stereocenters. The Morgan fingerprint density at radius 3 is 2.65 bits per heavy atom. The second-order valence-electron chi connectivity index (χ2n) is 4.73. The fraction of sp³-hybridized carbons (Fsp3) is 0.667. The van der Waals surface area contributed by atoms with Crippen molar-refractivity contribution >= 4 is 12.1 Å². The van der Waals surface area contributed by atoms with Gasteiger partial charge in [-0.15, -0.1) is 0 Å². The normalized spacial score (nSPS) is 21.4. The van der Waals surface area contributed by atoms with Gasteiger partial charge in [0.1, 0.15) is 0 Å². The number of esters is 1. The summed E-state index contributed by atoms with van der Waals surface area (Å²) in [5, 5.41) is 9.04. The Morgan fingerprint density at radius 1 is 1.53 bits per heavy atom. The largest absolute Gasteiger partial charge is 0.465 e. The molecule has 1 fully saturated rings. The summed E-state index contributed by atoms with van der Waals surface area (Å²) < 4.78 is 4.84. The standard InChI is InChI=1S/C12H19NO4/c1-4-17-10(14)7-9-5-6-13(11(15)16)12(2,3)8-9/h7H,4-6,8H2,1-3H3,(H,15,16)/b9-7-. The molecule has 1 rings (SSSR count). The van der Waals surface area contributed by atoms with Crippen molar-refractivity contribution in [2.24, 2.45) is 0 Å². The van der Waals surface area contributed by atoms with Crippen LogP contribution in [0.2, 0.25) is 0 Å². The van der Waals surface area contributed by atoms with Crippen molar-refractivity contribution in [3.05, 3.63) is 11.6 Å². The molecule has 1 N–H and O–H groups in total. The van der Waals surface area contributed by atoms with Gasteiger partial charge in [0.05, 0.1) is 6.61 Å². The summed E-state index contributed by atoms with van der Waals surface area (Å²) in [6, 6.07) is 0. The molecular weight excluding hydrogens is 222 g/mol. The van der Waals surface area contributed by atoms with Crippen molar-refractivity contribution in [3.8, 4) is 0 Å². The predicted octanol–water partition coefficient (Wildman–Crippen LogP) is 2.03. The van der Waals surface area contributed by atoms with E-state index in [1.165, 1.54) is 11.0 Å². The highest BCUT2D eigenvalue weighted by atomic mass is 16.5. The number of piperidine rings is 1. The van der Waals surface area contributed by atoms with Crippen molar-refractivity contribution in [2.45, 2.75) is 39.2 Å². The monoisotopic (exact) mass is 241 g/mol. The molecule has 0 atom stereocenters. The van der Waals surface area contributed by atoms with Crippen molar-refractivity contribution in [1.82, 2.24) is 4.90 Å². The number of carboxylic acid groups (broad SMARTS) is 1. The Morgan fingerprint density at radius 2 is 2.18 bits per heavy atom. The maximum Gasteiger partial charge on any atom is 0.407 e. The lowest BCUT2D eigenvalue weighted by atomic mass is 9.87. The molecule has 1 aliphatic heterocycles. The molecule has 0 spiro atoms. The maximum atomic E-state index is 11.3. The van der Waals surface area contributed by atoms with Crippen molar-refractivity contribution in [1.29, 1.82) is 0 Å². The molecular formula is C12H19NO4. The van der Waals surface area contributed by atoms with E-state index in [4.69, 9.17) is 9.84 Å². The minimum Gasteiger partial charge on any atom is -0.465 e. The van der Waals surface area contributed by atoms with Crippen molar-refractivity contribution in [3.63, 3.8) is 0 Å². The van der Waals surface area contributed by atoms with Gasteiger partial charge in [-0.3, -0.25) is 0 Å². The summed E-state index contributed by atoms with van der Waals surface area (Å²) >= 11 is 0. The van der Waals surface area contributed by atoms with Crippen LogP contribution in [-0.4, -0.2) is 40.8 Å². The van der Waals surface area contributed by atoms with Crippen LogP contribution in [0, 0.1) is 0 Å². The Hall–Kier alpha value is -1.52. The van der Waals surface area contributed by atoms with Crippen LogP contribution in [0.1, 0.15) is 33.6 Å². The van der Waals surface area contributed by atoms with Gasteiger partial charge in [0.25, 0.3) is 0 Å². The molecule has 0 aromatic heterocycles. The SMILES string of the molecule is CCOC(=O)/C=C1/CCN(C(=O)O)C(C)(C)C1. The first-order valence-corrected chi connectivity index (χ1v) is 5.73. The Balaban J connectivity index is 2.73. The molecule has 0 aliphatic carbocycles. The average Bonchev–Trinajstić information content (AvgIpc) is 2.15. The molecule has 0 aromatic rings. The van der Waals surface area contributed by atoms with Crippen LogP contribution >= 0.6 is 0 Å². The summed E-state index contributed by atoms with van der Waals surface area (Å²) in [7, 11) is 0. The Labute approximate surface area is 101 Å². The van der Waals surface area contributed by atoms with E-state index in [1.54, 1.807) is 6.92 Å². The van der Waals surface area contributed by atoms with Gasteiger partial charge in [-0.25, -0.2) is 9.59 Å². The lowest BCUT2D eigenvalue weighted by molar-refractivity contribution is -0.137. The molecule has 1 aliphatic rings. The third kappa shape index (κ3) is 3.47. The zero-order valence-electron chi connectivity index (χ0n) is 10.5. The molecule has 5 nitrogen and oxygen atoms in total. The zero-order valence-corrected chi connectivity index (χ0v) is 10.5. The van der Waals surface area contributed by atoms with E-state index in [0.717, 1.165) is 5.57 Å². The van der Waals surface area contributed by atoms with Gasteiger partial charge < -0.3 is 14.7 Å². The summed E-state index contributed by atoms with van der Waals surface area (Å²) in [4.78, 5) is 23.7. The van der Waals surface area contributed by atoms with Crippen LogP contribution in [0.5, 0.6) is 0 Å². The van der Waals surface area contributed by atoms with Crippen LogP contribution in [0.25, 0.3) is 0 Å². The lowest BCUT2D eigenvalue weighted by Crippen LogP contribution is -2.50. The molecule has 1 saturated heterocycles. The number of nitrogens with zero attached hydrogens (tertiary/aromatic N) is 1. The minimum absolute atomic E-state index is 0.345. The van der Waals surface area contributed by atoms with Gasteiger partial charge in [-0.1, -0.05) is 5.57 Å². The van der Waals surface area contributed by atoms with E-state index in [1.807, 2.05) is 13.8 Å². The van der Waals surface area contributed by atoms with E-state index < -0.39 is 11.6 Å². The fourth-order valence-electron chi connectivity index (χ4n) is 2.13. The number of likely N-dealkylation sites (tertiary alicyclic amines) is 1. The summed E-state index contributed by atoms with van der Waals surface area (Å²) in [5.41, 5.74) is 0.480. The van der Waals surface area contributed by atoms with Gasteiger partial charge in [0.15, 0.2) is 0 Å². The minimum atomic E-state index is -0.912. The Bertz CT molecular complexity index is 346. The molecule has 1 amide bonds. The van der Waals surface area contributed by atoms with E-state index in [2.05, 4.69) is 0 Å². The van der Waals surface area contributed by atoms with Crippen molar-refractivity contribution in [2.75, 3.05) is 13.2 Å². The summed E-state index contributed by atoms with van der Waals surface area (Å²) in [6.45, 7) is 6.26. The van der Waals surface area contributed by atoms with Crippen LogP contribution in [-0.2, 0) is 9.53 Å². The second kappa shape index (κ2) is 5.21. The average molecular weight is 241 g/mol. The number of carbonyl (C=O) groups excluding carboxylic acids is 1. The molecule has 0 bridgehead atoms. The maximum absolute atomic E-state index is 11.3. The number of carbonyl (C=O) groups is 2. The number of hydrogen-bond donors (Lipinski definition) is 1. The number of ether oxygens (including phenoxy) is 1. The van der Waals surface area contributed by atoms with Gasteiger partial charge in [-0.05, 0) is 33.6 Å².